The maximum atomic E-state index is 16.0. The van der Waals surface area contributed by atoms with Crippen LogP contribution >= 0.6 is 11.3 Å². The molecule has 0 saturated heterocycles. The molecule has 3 N–H and O–H groups in total. The number of carbonyl (C=O) groups is 1. The second kappa shape index (κ2) is 8.80. The Hall–Kier alpha value is -4.51. The molecule has 0 aliphatic heterocycles. The lowest BCUT2D eigenvalue weighted by Crippen LogP contribution is -2.27. The molecule has 0 radical (unpaired) electrons. The van der Waals surface area contributed by atoms with E-state index in [-0.39, 0.29) is 17.0 Å². The van der Waals surface area contributed by atoms with Crippen molar-refractivity contribution in [1.82, 2.24) is 35.1 Å². The molecule has 0 aliphatic carbocycles. The summed E-state index contributed by atoms with van der Waals surface area (Å²) < 4.78 is 16.0. The van der Waals surface area contributed by atoms with Crippen LogP contribution in [0.2, 0.25) is 0 Å². The molecule has 0 unspecified atom stereocenters. The minimum absolute atomic E-state index is 0.0866. The Morgan fingerprint density at radius 3 is 2.68 bits per heavy atom. The van der Waals surface area contributed by atoms with Gasteiger partial charge in [-0.2, -0.15) is 5.10 Å². The number of aromatic nitrogens is 7. The summed E-state index contributed by atoms with van der Waals surface area (Å²) in [5.41, 5.74) is 3.32. The van der Waals surface area contributed by atoms with Crippen molar-refractivity contribution >= 4 is 45.0 Å². The van der Waals surface area contributed by atoms with Gasteiger partial charge in [-0.1, -0.05) is 20.8 Å². The molecule has 0 atom stereocenters. The van der Waals surface area contributed by atoms with Gasteiger partial charge in [0.15, 0.2) is 17.3 Å². The third-order valence-corrected chi connectivity index (χ3v) is 7.14. The van der Waals surface area contributed by atoms with Crippen LogP contribution in [0.4, 0.5) is 10.1 Å². The largest absolute Gasteiger partial charge is 0.324 e. The van der Waals surface area contributed by atoms with Gasteiger partial charge in [-0.05, 0) is 31.2 Å². The summed E-state index contributed by atoms with van der Waals surface area (Å²) in [5, 5.41) is 10.3. The maximum absolute atomic E-state index is 16.0. The van der Waals surface area contributed by atoms with Gasteiger partial charge in [-0.25, -0.2) is 14.4 Å². The lowest BCUT2D eigenvalue weighted by atomic mass is 9.95. The SMILES string of the molecule is Cc1ccc(-c2ccnc3[nH]c(-c4n[nH]c5cnc(-c6cncc(NC(=O)C(C)(C)C)c6)c(F)c45)nc23)s1. The highest BCUT2D eigenvalue weighted by Crippen LogP contribution is 2.36. The Kier molecular flexibility index (Phi) is 5.53. The van der Waals surface area contributed by atoms with Crippen molar-refractivity contribution in [1.29, 1.82) is 0 Å². The zero-order valence-corrected chi connectivity index (χ0v) is 21.9. The highest BCUT2D eigenvalue weighted by atomic mass is 32.1. The number of amides is 1. The maximum Gasteiger partial charge on any atom is 0.229 e. The zero-order chi connectivity index (χ0) is 26.6. The van der Waals surface area contributed by atoms with Crippen LogP contribution in [0.5, 0.6) is 0 Å². The molecule has 6 aromatic rings. The molecule has 6 rings (SSSR count). The number of pyridine rings is 3. The van der Waals surface area contributed by atoms with Gasteiger partial charge < -0.3 is 10.3 Å². The highest BCUT2D eigenvalue weighted by molar-refractivity contribution is 7.15. The fourth-order valence-electron chi connectivity index (χ4n) is 4.11. The van der Waals surface area contributed by atoms with Crippen LogP contribution in [-0.2, 0) is 4.79 Å². The van der Waals surface area contributed by atoms with E-state index < -0.39 is 11.2 Å². The van der Waals surface area contributed by atoms with E-state index in [4.69, 9.17) is 4.98 Å². The fourth-order valence-corrected chi connectivity index (χ4v) is 5.00. The number of fused-ring (bicyclic) bond motifs is 2. The summed E-state index contributed by atoms with van der Waals surface area (Å²) >= 11 is 1.67. The van der Waals surface area contributed by atoms with E-state index in [1.54, 1.807) is 23.6 Å². The van der Waals surface area contributed by atoms with Gasteiger partial charge >= 0.3 is 0 Å². The molecule has 0 aliphatic rings. The van der Waals surface area contributed by atoms with Gasteiger partial charge in [-0.3, -0.25) is 19.9 Å². The van der Waals surface area contributed by atoms with E-state index in [2.05, 4.69) is 54.5 Å². The van der Waals surface area contributed by atoms with E-state index in [1.807, 2.05) is 26.8 Å². The van der Waals surface area contributed by atoms with Crippen molar-refractivity contribution in [2.75, 3.05) is 5.32 Å². The average molecular weight is 527 g/mol. The van der Waals surface area contributed by atoms with Crippen molar-refractivity contribution in [2.24, 2.45) is 5.41 Å². The van der Waals surface area contributed by atoms with Crippen LogP contribution in [-0.4, -0.2) is 41.0 Å². The lowest BCUT2D eigenvalue weighted by molar-refractivity contribution is -0.123. The summed E-state index contributed by atoms with van der Waals surface area (Å²) in [7, 11) is 0. The molecular formula is C27H23FN8OS. The number of thiophene rings is 1. The van der Waals surface area contributed by atoms with Crippen LogP contribution in [0.1, 0.15) is 25.6 Å². The lowest BCUT2D eigenvalue weighted by Gasteiger charge is -2.17. The van der Waals surface area contributed by atoms with Crippen LogP contribution in [0.3, 0.4) is 0 Å². The Morgan fingerprint density at radius 1 is 1.08 bits per heavy atom. The first-order chi connectivity index (χ1) is 18.2. The Labute approximate surface area is 220 Å². The van der Waals surface area contributed by atoms with Crippen LogP contribution < -0.4 is 5.32 Å². The third kappa shape index (κ3) is 4.10. The van der Waals surface area contributed by atoms with Crippen LogP contribution in [0.15, 0.2) is 49.1 Å². The van der Waals surface area contributed by atoms with E-state index in [0.29, 0.717) is 39.4 Å². The van der Waals surface area contributed by atoms with Gasteiger partial charge in [0, 0.05) is 38.7 Å². The summed E-state index contributed by atoms with van der Waals surface area (Å²) in [6, 6.07) is 7.68. The predicted octanol–water partition coefficient (Wildman–Crippen LogP) is 6.12. The number of imidazole rings is 1. The summed E-state index contributed by atoms with van der Waals surface area (Å²) in [5.74, 6) is -0.359. The van der Waals surface area contributed by atoms with Crippen molar-refractivity contribution in [3.05, 3.63) is 59.7 Å². The highest BCUT2D eigenvalue weighted by Gasteiger charge is 2.23. The topological polar surface area (TPSA) is 125 Å². The standard InChI is InChI=1S/C27H23FN8OS/c1-13-5-6-18(38-13)16-7-8-30-24-22(16)33-25(34-24)23-19-17(35-36-23)12-31-21(20(19)28)14-9-15(11-29-10-14)32-26(37)27(2,3)4/h5-12H,1-4H3,(H,32,37)(H,35,36)(H,30,33,34). The number of halogens is 1. The van der Waals surface area contributed by atoms with E-state index in [0.717, 1.165) is 10.4 Å². The second-order valence-corrected chi connectivity index (χ2v) is 11.3. The number of carbonyl (C=O) groups excluding carboxylic acids is 1. The molecule has 9 nitrogen and oxygen atoms in total. The van der Waals surface area contributed by atoms with Crippen molar-refractivity contribution in [2.45, 2.75) is 27.7 Å². The number of hydrogen-bond donors (Lipinski definition) is 3. The van der Waals surface area contributed by atoms with E-state index in [9.17, 15) is 4.79 Å². The van der Waals surface area contributed by atoms with Gasteiger partial charge in [0.1, 0.15) is 16.9 Å². The quantitative estimate of drug-likeness (QED) is 0.254. The Bertz CT molecular complexity index is 1850. The molecule has 0 fully saturated rings. The average Bonchev–Trinajstić information content (AvgIpc) is 3.61. The van der Waals surface area contributed by atoms with Crippen LogP contribution in [0.25, 0.3) is 55.3 Å². The molecule has 38 heavy (non-hydrogen) atoms. The molecule has 0 spiro atoms. The summed E-state index contributed by atoms with van der Waals surface area (Å²) in [6.45, 7) is 7.49. The molecule has 190 valence electrons. The van der Waals surface area contributed by atoms with Gasteiger partial charge in [0.25, 0.3) is 0 Å². The molecule has 11 heteroatoms. The van der Waals surface area contributed by atoms with E-state index >= 15 is 4.39 Å². The van der Waals surface area contributed by atoms with Gasteiger partial charge in [0.2, 0.25) is 5.91 Å². The van der Waals surface area contributed by atoms with Crippen molar-refractivity contribution in [3.63, 3.8) is 0 Å². The predicted molar refractivity (Wildman–Crippen MR) is 146 cm³/mol. The Balaban J connectivity index is 1.44. The first-order valence-corrected chi connectivity index (χ1v) is 12.7. The fraction of sp³-hybridized carbons (Fsp3) is 0.185. The normalized spacial score (nSPS) is 11.9. The van der Waals surface area contributed by atoms with Crippen molar-refractivity contribution in [3.8, 4) is 33.2 Å². The summed E-state index contributed by atoms with van der Waals surface area (Å²) in [4.78, 5) is 35.6. The Morgan fingerprint density at radius 2 is 1.92 bits per heavy atom. The van der Waals surface area contributed by atoms with Crippen molar-refractivity contribution < 1.29 is 9.18 Å². The van der Waals surface area contributed by atoms with Gasteiger partial charge in [-0.15, -0.1) is 11.3 Å². The minimum Gasteiger partial charge on any atom is -0.324 e. The van der Waals surface area contributed by atoms with E-state index in [1.165, 1.54) is 23.5 Å². The zero-order valence-electron chi connectivity index (χ0n) is 21.0. The number of nitrogens with zero attached hydrogens (tertiary/aromatic N) is 5. The van der Waals surface area contributed by atoms with Crippen LogP contribution in [0, 0.1) is 18.2 Å². The first kappa shape index (κ1) is 23.9. The first-order valence-electron chi connectivity index (χ1n) is 11.9. The number of rotatable bonds is 4. The number of hydrogen-bond acceptors (Lipinski definition) is 7. The molecule has 6 aromatic heterocycles. The third-order valence-electron chi connectivity index (χ3n) is 6.11. The number of aromatic amines is 2. The number of H-pyrrole nitrogens is 2. The molecule has 1 amide bonds. The molecule has 0 bridgehead atoms. The number of aryl methyl sites for hydroxylation is 1. The molecule has 0 aromatic carbocycles. The molecular weight excluding hydrogens is 503 g/mol. The molecule has 0 saturated carbocycles. The summed E-state index contributed by atoms with van der Waals surface area (Å²) in [6.07, 6.45) is 6.26. The smallest absolute Gasteiger partial charge is 0.229 e. The number of anilines is 1. The van der Waals surface area contributed by atoms with Gasteiger partial charge in [0.05, 0.1) is 29.0 Å². The second-order valence-electron chi connectivity index (χ2n) is 10.00. The monoisotopic (exact) mass is 526 g/mol. The number of nitrogens with one attached hydrogen (secondary N) is 3. The molecule has 6 heterocycles. The minimum atomic E-state index is -0.590.